The zero-order chi connectivity index (χ0) is 18.6. The van der Waals surface area contributed by atoms with E-state index in [1.807, 2.05) is 6.92 Å². The fraction of sp³-hybridized carbons (Fsp3) is 0.682. The van der Waals surface area contributed by atoms with Crippen LogP contribution in [0.1, 0.15) is 99.7 Å². The van der Waals surface area contributed by atoms with Gasteiger partial charge in [-0.15, -0.1) is 22.7 Å². The second-order valence-electron chi connectivity index (χ2n) is 7.03. The van der Waals surface area contributed by atoms with Crippen LogP contribution in [0.4, 0.5) is 0 Å². The molecule has 0 saturated carbocycles. The first-order valence-electron chi connectivity index (χ1n) is 10.4. The maximum atomic E-state index is 12.2. The number of thiophene rings is 2. The van der Waals surface area contributed by atoms with Crippen LogP contribution in [0.3, 0.4) is 0 Å². The van der Waals surface area contributed by atoms with Crippen LogP contribution in [-0.4, -0.2) is 12.6 Å². The highest BCUT2D eigenvalue weighted by Crippen LogP contribution is 2.36. The van der Waals surface area contributed by atoms with E-state index in [9.17, 15) is 4.79 Å². The number of ether oxygens (including phenoxy) is 1. The summed E-state index contributed by atoms with van der Waals surface area (Å²) < 4.78 is 7.78. The first kappa shape index (κ1) is 21.4. The highest BCUT2D eigenvalue weighted by Gasteiger charge is 2.19. The van der Waals surface area contributed by atoms with Crippen molar-refractivity contribution >= 4 is 38.0 Å². The summed E-state index contributed by atoms with van der Waals surface area (Å²) in [5.74, 6) is -0.140. The number of carbonyl (C=O) groups is 1. The maximum absolute atomic E-state index is 12.2. The molecular formula is C22H34O2S2. The van der Waals surface area contributed by atoms with Gasteiger partial charge in [-0.05, 0) is 36.8 Å². The first-order chi connectivity index (χ1) is 12.8. The Hall–Kier alpha value is -0.870. The van der Waals surface area contributed by atoms with Crippen molar-refractivity contribution in [1.82, 2.24) is 0 Å². The Kier molecular flexibility index (Phi) is 10.3. The van der Waals surface area contributed by atoms with Gasteiger partial charge >= 0.3 is 5.97 Å². The molecule has 0 unspecified atom stereocenters. The third-order valence-electron chi connectivity index (χ3n) is 4.88. The summed E-state index contributed by atoms with van der Waals surface area (Å²) in [4.78, 5) is 13.1. The minimum atomic E-state index is -0.140. The van der Waals surface area contributed by atoms with E-state index in [-0.39, 0.29) is 5.97 Å². The third kappa shape index (κ3) is 6.70. The predicted octanol–water partition coefficient (Wildman–Crippen LogP) is 7.99. The van der Waals surface area contributed by atoms with Gasteiger partial charge in [0.15, 0.2) is 0 Å². The van der Waals surface area contributed by atoms with Gasteiger partial charge < -0.3 is 4.74 Å². The van der Waals surface area contributed by atoms with Crippen molar-refractivity contribution in [3.8, 4) is 0 Å². The molecule has 2 rings (SSSR count). The normalized spacial score (nSPS) is 11.3. The maximum Gasteiger partial charge on any atom is 0.348 e. The van der Waals surface area contributed by atoms with Gasteiger partial charge in [-0.2, -0.15) is 0 Å². The molecule has 146 valence electrons. The average molecular weight is 395 g/mol. The zero-order valence-corrected chi connectivity index (χ0v) is 18.1. The van der Waals surface area contributed by atoms with Crippen molar-refractivity contribution < 1.29 is 9.53 Å². The van der Waals surface area contributed by atoms with Gasteiger partial charge in [0.1, 0.15) is 4.88 Å². The Labute approximate surface area is 167 Å². The van der Waals surface area contributed by atoms with Crippen LogP contribution in [0.25, 0.3) is 9.40 Å². The molecule has 0 bridgehead atoms. The minimum Gasteiger partial charge on any atom is -0.462 e. The van der Waals surface area contributed by atoms with E-state index < -0.39 is 0 Å². The summed E-state index contributed by atoms with van der Waals surface area (Å²) >= 11 is 3.35. The van der Waals surface area contributed by atoms with E-state index in [0.29, 0.717) is 6.61 Å². The van der Waals surface area contributed by atoms with E-state index in [2.05, 4.69) is 18.4 Å². The van der Waals surface area contributed by atoms with E-state index in [4.69, 9.17) is 4.74 Å². The smallest absolute Gasteiger partial charge is 0.348 e. The van der Waals surface area contributed by atoms with Crippen LogP contribution in [0, 0.1) is 0 Å². The SMILES string of the molecule is CCCCCCCCCCCCCc1c(C(=O)OCC)sc2ccsc12. The summed E-state index contributed by atoms with van der Waals surface area (Å²) in [6.45, 7) is 4.59. The van der Waals surface area contributed by atoms with Gasteiger partial charge in [0.25, 0.3) is 0 Å². The van der Waals surface area contributed by atoms with Gasteiger partial charge in [0, 0.05) is 9.40 Å². The summed E-state index contributed by atoms with van der Waals surface area (Å²) in [6.07, 6.45) is 15.9. The first-order valence-corrected chi connectivity index (χ1v) is 12.1. The molecule has 0 saturated heterocycles. The minimum absolute atomic E-state index is 0.140. The number of aryl methyl sites for hydroxylation is 1. The lowest BCUT2D eigenvalue weighted by Crippen LogP contribution is -2.05. The van der Waals surface area contributed by atoms with Gasteiger partial charge in [-0.25, -0.2) is 4.79 Å². The van der Waals surface area contributed by atoms with E-state index in [0.717, 1.165) is 11.3 Å². The molecule has 0 aliphatic rings. The summed E-state index contributed by atoms with van der Waals surface area (Å²) in [6, 6.07) is 2.12. The average Bonchev–Trinajstić information content (AvgIpc) is 3.22. The standard InChI is InChI=1S/C22H34O2S2/c1-3-5-6-7-8-9-10-11-12-13-14-15-18-20-19(16-17-25-20)26-21(18)22(23)24-4-2/h16-17H,3-15H2,1-2H3. The van der Waals surface area contributed by atoms with E-state index in [1.54, 1.807) is 22.7 Å². The number of fused-ring (bicyclic) bond motifs is 1. The second-order valence-corrected chi connectivity index (χ2v) is 9.00. The summed E-state index contributed by atoms with van der Waals surface area (Å²) in [7, 11) is 0. The fourth-order valence-corrected chi connectivity index (χ4v) is 5.76. The molecule has 2 nitrogen and oxygen atoms in total. The predicted molar refractivity (Wildman–Crippen MR) is 116 cm³/mol. The molecule has 0 spiro atoms. The van der Waals surface area contributed by atoms with Crippen LogP contribution < -0.4 is 0 Å². The fourth-order valence-electron chi connectivity index (χ4n) is 3.43. The molecule has 0 atom stereocenters. The molecule has 0 N–H and O–H groups in total. The largest absolute Gasteiger partial charge is 0.462 e. The summed E-state index contributed by atoms with van der Waals surface area (Å²) in [5, 5.41) is 2.13. The van der Waals surface area contributed by atoms with Crippen molar-refractivity contribution in [3.05, 3.63) is 21.9 Å². The second kappa shape index (κ2) is 12.5. The lowest BCUT2D eigenvalue weighted by atomic mass is 10.0. The number of carbonyl (C=O) groups excluding carboxylic acids is 1. The Morgan fingerprint density at radius 1 is 0.923 bits per heavy atom. The number of esters is 1. The Balaban J connectivity index is 1.67. The number of rotatable bonds is 14. The monoisotopic (exact) mass is 394 g/mol. The number of hydrogen-bond donors (Lipinski definition) is 0. The van der Waals surface area contributed by atoms with E-state index >= 15 is 0 Å². The lowest BCUT2D eigenvalue weighted by molar-refractivity contribution is 0.0531. The highest BCUT2D eigenvalue weighted by molar-refractivity contribution is 7.28. The van der Waals surface area contributed by atoms with Crippen molar-refractivity contribution in [1.29, 1.82) is 0 Å². The molecule has 0 aromatic carbocycles. The van der Waals surface area contributed by atoms with Crippen LogP contribution >= 0.6 is 22.7 Å². The molecule has 0 aliphatic heterocycles. The molecule has 2 aromatic heterocycles. The Morgan fingerprint density at radius 3 is 2.15 bits per heavy atom. The third-order valence-corrected chi connectivity index (χ3v) is 7.16. The van der Waals surface area contributed by atoms with Gasteiger partial charge in [0.05, 0.1) is 6.61 Å². The number of unbranched alkanes of at least 4 members (excludes halogenated alkanes) is 10. The van der Waals surface area contributed by atoms with Crippen molar-refractivity contribution in [2.24, 2.45) is 0 Å². The lowest BCUT2D eigenvalue weighted by Gasteiger charge is -2.05. The highest BCUT2D eigenvalue weighted by atomic mass is 32.1. The summed E-state index contributed by atoms with van der Waals surface area (Å²) in [5.41, 5.74) is 1.23. The van der Waals surface area contributed by atoms with Crippen LogP contribution in [-0.2, 0) is 11.2 Å². The quantitative estimate of drug-likeness (QED) is 0.240. The molecule has 0 radical (unpaired) electrons. The zero-order valence-electron chi connectivity index (χ0n) is 16.5. The molecule has 2 aromatic rings. The molecule has 4 heteroatoms. The van der Waals surface area contributed by atoms with Gasteiger partial charge in [0.2, 0.25) is 0 Å². The van der Waals surface area contributed by atoms with Crippen LogP contribution in [0.2, 0.25) is 0 Å². The van der Waals surface area contributed by atoms with Crippen molar-refractivity contribution in [2.45, 2.75) is 90.9 Å². The molecular weight excluding hydrogens is 360 g/mol. The van der Waals surface area contributed by atoms with E-state index in [1.165, 1.54) is 85.6 Å². The van der Waals surface area contributed by atoms with Crippen molar-refractivity contribution in [2.75, 3.05) is 6.61 Å². The Bertz CT molecular complexity index is 642. The molecule has 0 aliphatic carbocycles. The van der Waals surface area contributed by atoms with Crippen molar-refractivity contribution in [3.63, 3.8) is 0 Å². The molecule has 26 heavy (non-hydrogen) atoms. The Morgan fingerprint density at radius 2 is 1.54 bits per heavy atom. The topological polar surface area (TPSA) is 26.3 Å². The van der Waals surface area contributed by atoms with Gasteiger partial charge in [-0.1, -0.05) is 71.1 Å². The van der Waals surface area contributed by atoms with Crippen LogP contribution in [0.5, 0.6) is 0 Å². The molecule has 2 heterocycles. The molecule has 0 amide bonds. The van der Waals surface area contributed by atoms with Gasteiger partial charge in [-0.3, -0.25) is 0 Å². The van der Waals surface area contributed by atoms with Crippen LogP contribution in [0.15, 0.2) is 11.4 Å². The molecule has 0 fully saturated rings. The number of hydrogen-bond acceptors (Lipinski definition) is 4.